The lowest BCUT2D eigenvalue weighted by Crippen LogP contribution is -2.28. The van der Waals surface area contributed by atoms with Crippen molar-refractivity contribution >= 4 is 17.7 Å². The van der Waals surface area contributed by atoms with Gasteiger partial charge in [0.25, 0.3) is 0 Å². The van der Waals surface area contributed by atoms with E-state index in [2.05, 4.69) is 5.32 Å². The molecule has 1 atom stereocenters. The van der Waals surface area contributed by atoms with Gasteiger partial charge in [-0.1, -0.05) is 6.07 Å². The Kier molecular flexibility index (Phi) is 7.01. The number of carbonyl (C=O) groups is 1. The van der Waals surface area contributed by atoms with Gasteiger partial charge in [0.1, 0.15) is 5.75 Å². The Balaban J connectivity index is 1.90. The van der Waals surface area contributed by atoms with Crippen LogP contribution in [-0.2, 0) is 4.79 Å². The third kappa shape index (κ3) is 5.32. The summed E-state index contributed by atoms with van der Waals surface area (Å²) >= 11 is 1.49. The number of rotatable bonds is 8. The first-order chi connectivity index (χ1) is 12.1. The second kappa shape index (κ2) is 9.22. The Morgan fingerprint density at radius 3 is 2.28 bits per heavy atom. The summed E-state index contributed by atoms with van der Waals surface area (Å²) in [6, 6.07) is 13.2. The summed E-state index contributed by atoms with van der Waals surface area (Å²) in [6.45, 7) is 1.94. The maximum atomic E-state index is 12.2. The van der Waals surface area contributed by atoms with E-state index in [0.29, 0.717) is 17.3 Å². The molecule has 1 amide bonds. The Morgan fingerprint density at radius 2 is 1.68 bits per heavy atom. The molecule has 1 N–H and O–H groups in total. The van der Waals surface area contributed by atoms with Gasteiger partial charge >= 0.3 is 0 Å². The van der Waals surface area contributed by atoms with E-state index in [0.717, 1.165) is 16.2 Å². The van der Waals surface area contributed by atoms with Crippen LogP contribution >= 0.6 is 11.8 Å². The predicted molar refractivity (Wildman–Crippen MR) is 99.8 cm³/mol. The lowest BCUT2D eigenvalue weighted by molar-refractivity contribution is -0.119. The average Bonchev–Trinajstić information content (AvgIpc) is 2.66. The highest BCUT2D eigenvalue weighted by molar-refractivity contribution is 8.00. The quantitative estimate of drug-likeness (QED) is 0.727. The van der Waals surface area contributed by atoms with Gasteiger partial charge in [-0.25, -0.2) is 0 Å². The van der Waals surface area contributed by atoms with Gasteiger partial charge in [0.15, 0.2) is 11.5 Å². The van der Waals surface area contributed by atoms with Gasteiger partial charge in [-0.15, -0.1) is 11.8 Å². The van der Waals surface area contributed by atoms with Crippen LogP contribution in [0.2, 0.25) is 0 Å². The average molecular weight is 361 g/mol. The number of ether oxygens (including phenoxy) is 3. The van der Waals surface area contributed by atoms with Crippen molar-refractivity contribution in [1.82, 2.24) is 5.32 Å². The normalized spacial score (nSPS) is 11.5. The standard InChI is InChI=1S/C19H23NO4S/c1-13(14-5-10-17(23-3)18(11-14)24-4)20-19(21)12-25-16-8-6-15(22-2)7-9-16/h5-11,13H,12H2,1-4H3,(H,20,21)/t13-/m1/s1. The summed E-state index contributed by atoms with van der Waals surface area (Å²) < 4.78 is 15.7. The second-order valence-corrected chi connectivity index (χ2v) is 6.42. The Bertz CT molecular complexity index is 703. The highest BCUT2D eigenvalue weighted by Crippen LogP contribution is 2.30. The van der Waals surface area contributed by atoms with Crippen LogP contribution in [0.1, 0.15) is 18.5 Å². The van der Waals surface area contributed by atoms with Gasteiger partial charge in [-0.2, -0.15) is 0 Å². The van der Waals surface area contributed by atoms with Crippen molar-refractivity contribution < 1.29 is 19.0 Å². The Morgan fingerprint density at radius 1 is 1.00 bits per heavy atom. The SMILES string of the molecule is COc1ccc(SCC(=O)N[C@H](C)c2ccc(OC)c(OC)c2)cc1. The lowest BCUT2D eigenvalue weighted by Gasteiger charge is -2.16. The molecule has 25 heavy (non-hydrogen) atoms. The minimum absolute atomic E-state index is 0.0249. The summed E-state index contributed by atoms with van der Waals surface area (Å²) in [7, 11) is 4.82. The summed E-state index contributed by atoms with van der Waals surface area (Å²) in [5.74, 6) is 2.44. The summed E-state index contributed by atoms with van der Waals surface area (Å²) in [5, 5.41) is 3.00. The molecule has 0 heterocycles. The van der Waals surface area contributed by atoms with Gasteiger partial charge in [0.2, 0.25) is 5.91 Å². The molecule has 0 unspecified atom stereocenters. The van der Waals surface area contributed by atoms with Crippen LogP contribution in [0.15, 0.2) is 47.4 Å². The van der Waals surface area contributed by atoms with Crippen LogP contribution in [0.25, 0.3) is 0 Å². The predicted octanol–water partition coefficient (Wildman–Crippen LogP) is 3.68. The largest absolute Gasteiger partial charge is 0.497 e. The molecular formula is C19H23NO4S. The van der Waals surface area contributed by atoms with Crippen LogP contribution in [-0.4, -0.2) is 33.0 Å². The van der Waals surface area contributed by atoms with Crippen molar-refractivity contribution in [2.24, 2.45) is 0 Å². The minimum atomic E-state index is -0.122. The van der Waals surface area contributed by atoms with E-state index in [1.165, 1.54) is 11.8 Å². The van der Waals surface area contributed by atoms with Crippen molar-refractivity contribution in [3.8, 4) is 17.2 Å². The first kappa shape index (κ1) is 19.0. The molecule has 5 nitrogen and oxygen atoms in total. The first-order valence-electron chi connectivity index (χ1n) is 7.85. The van der Waals surface area contributed by atoms with E-state index in [1.54, 1.807) is 21.3 Å². The maximum Gasteiger partial charge on any atom is 0.230 e. The van der Waals surface area contributed by atoms with Crippen molar-refractivity contribution in [2.45, 2.75) is 17.9 Å². The van der Waals surface area contributed by atoms with E-state index >= 15 is 0 Å². The smallest absolute Gasteiger partial charge is 0.230 e. The molecule has 0 radical (unpaired) electrons. The number of amides is 1. The Labute approximate surface area is 152 Å². The number of benzene rings is 2. The molecule has 0 spiro atoms. The summed E-state index contributed by atoms with van der Waals surface area (Å²) in [5.41, 5.74) is 0.959. The number of hydrogen-bond acceptors (Lipinski definition) is 5. The van der Waals surface area contributed by atoms with Crippen LogP contribution in [0.4, 0.5) is 0 Å². The molecular weight excluding hydrogens is 338 g/mol. The molecule has 134 valence electrons. The fourth-order valence-corrected chi connectivity index (χ4v) is 3.02. The van der Waals surface area contributed by atoms with Crippen molar-refractivity contribution in [3.05, 3.63) is 48.0 Å². The third-order valence-corrected chi connectivity index (χ3v) is 4.73. The molecule has 0 saturated carbocycles. The molecule has 2 aromatic rings. The zero-order valence-electron chi connectivity index (χ0n) is 14.9. The van der Waals surface area contributed by atoms with Gasteiger partial charge in [0, 0.05) is 4.90 Å². The van der Waals surface area contributed by atoms with Crippen LogP contribution in [0.3, 0.4) is 0 Å². The van der Waals surface area contributed by atoms with E-state index in [4.69, 9.17) is 14.2 Å². The van der Waals surface area contributed by atoms with Crippen molar-refractivity contribution in [1.29, 1.82) is 0 Å². The first-order valence-corrected chi connectivity index (χ1v) is 8.84. The van der Waals surface area contributed by atoms with Gasteiger partial charge in [-0.05, 0) is 48.9 Å². The molecule has 6 heteroatoms. The van der Waals surface area contributed by atoms with Gasteiger partial charge in [-0.3, -0.25) is 4.79 Å². The van der Waals surface area contributed by atoms with E-state index in [1.807, 2.05) is 49.4 Å². The number of carbonyl (C=O) groups excluding carboxylic acids is 1. The molecule has 0 fully saturated rings. The number of methoxy groups -OCH3 is 3. The second-order valence-electron chi connectivity index (χ2n) is 5.37. The minimum Gasteiger partial charge on any atom is -0.497 e. The molecule has 0 aliphatic rings. The molecule has 0 bridgehead atoms. The molecule has 0 aromatic heterocycles. The monoisotopic (exact) mass is 361 g/mol. The molecule has 0 saturated heterocycles. The zero-order chi connectivity index (χ0) is 18.2. The molecule has 2 rings (SSSR count). The van der Waals surface area contributed by atoms with Gasteiger partial charge < -0.3 is 19.5 Å². The van der Waals surface area contributed by atoms with Crippen molar-refractivity contribution in [3.63, 3.8) is 0 Å². The number of hydrogen-bond donors (Lipinski definition) is 1. The van der Waals surface area contributed by atoms with Crippen molar-refractivity contribution in [2.75, 3.05) is 27.1 Å². The zero-order valence-corrected chi connectivity index (χ0v) is 15.7. The van der Waals surface area contributed by atoms with E-state index in [9.17, 15) is 4.79 Å². The van der Waals surface area contributed by atoms with E-state index < -0.39 is 0 Å². The fraction of sp³-hybridized carbons (Fsp3) is 0.316. The van der Waals surface area contributed by atoms with E-state index in [-0.39, 0.29) is 11.9 Å². The molecule has 0 aliphatic heterocycles. The third-order valence-electron chi connectivity index (χ3n) is 3.71. The maximum absolute atomic E-state index is 12.2. The number of nitrogens with one attached hydrogen (secondary N) is 1. The van der Waals surface area contributed by atoms with Gasteiger partial charge in [0.05, 0.1) is 33.1 Å². The highest BCUT2D eigenvalue weighted by Gasteiger charge is 2.13. The Hall–Kier alpha value is -2.34. The topological polar surface area (TPSA) is 56.8 Å². The molecule has 2 aromatic carbocycles. The fourth-order valence-electron chi connectivity index (χ4n) is 2.31. The highest BCUT2D eigenvalue weighted by atomic mass is 32.2. The molecule has 0 aliphatic carbocycles. The number of thioether (sulfide) groups is 1. The lowest BCUT2D eigenvalue weighted by atomic mass is 10.1. The summed E-state index contributed by atoms with van der Waals surface area (Å²) in [6.07, 6.45) is 0. The van der Waals surface area contributed by atoms with Crippen LogP contribution < -0.4 is 19.5 Å². The van der Waals surface area contributed by atoms with Crippen LogP contribution in [0, 0.1) is 0 Å². The summed E-state index contributed by atoms with van der Waals surface area (Å²) in [4.78, 5) is 13.2. The van der Waals surface area contributed by atoms with Crippen LogP contribution in [0.5, 0.6) is 17.2 Å².